The molecule has 4 nitrogen and oxygen atoms in total. The summed E-state index contributed by atoms with van der Waals surface area (Å²) in [4.78, 5) is 18.2. The van der Waals surface area contributed by atoms with Gasteiger partial charge in [-0.2, -0.15) is 0 Å². The van der Waals surface area contributed by atoms with Crippen LogP contribution in [0, 0.1) is 0 Å². The van der Waals surface area contributed by atoms with E-state index in [0.29, 0.717) is 5.69 Å². The van der Waals surface area contributed by atoms with Gasteiger partial charge in [0.2, 0.25) is 5.28 Å². The van der Waals surface area contributed by atoms with E-state index in [1.807, 2.05) is 13.8 Å². The van der Waals surface area contributed by atoms with Crippen molar-refractivity contribution < 1.29 is 9.90 Å². The number of carbonyl (C=O) groups is 1. The molecule has 0 aliphatic rings. The zero-order valence-corrected chi connectivity index (χ0v) is 8.04. The third-order valence-electron chi connectivity index (χ3n) is 1.57. The molecule has 13 heavy (non-hydrogen) atoms. The van der Waals surface area contributed by atoms with E-state index < -0.39 is 5.97 Å². The number of hydrogen-bond donors (Lipinski definition) is 1. The van der Waals surface area contributed by atoms with Gasteiger partial charge in [0.15, 0.2) is 0 Å². The number of carboxylic acid groups (broad SMARTS) is 1. The van der Waals surface area contributed by atoms with E-state index in [1.54, 1.807) is 0 Å². The van der Waals surface area contributed by atoms with Gasteiger partial charge >= 0.3 is 5.97 Å². The van der Waals surface area contributed by atoms with Crippen molar-refractivity contribution in [3.8, 4) is 0 Å². The molecule has 0 bridgehead atoms. The average molecular weight is 201 g/mol. The summed E-state index contributed by atoms with van der Waals surface area (Å²) in [5, 5.41) is 8.86. The van der Waals surface area contributed by atoms with Gasteiger partial charge in [0.05, 0.1) is 11.3 Å². The van der Waals surface area contributed by atoms with Crippen molar-refractivity contribution in [2.75, 3.05) is 0 Å². The quantitative estimate of drug-likeness (QED) is 0.742. The minimum absolute atomic E-state index is 0.0200. The summed E-state index contributed by atoms with van der Waals surface area (Å²) < 4.78 is 0. The summed E-state index contributed by atoms with van der Waals surface area (Å²) in [6.45, 7) is 3.70. The summed E-state index contributed by atoms with van der Waals surface area (Å²) in [5.41, 5.74) is 0.576. The predicted octanol–water partition coefficient (Wildman–Crippen LogP) is 1.95. The molecular formula is C8H9ClN2O2. The van der Waals surface area contributed by atoms with E-state index in [2.05, 4.69) is 9.97 Å². The number of aromatic carboxylic acids is 1. The third kappa shape index (κ3) is 2.15. The molecule has 0 saturated carbocycles. The van der Waals surface area contributed by atoms with E-state index in [1.165, 1.54) is 6.20 Å². The third-order valence-corrected chi connectivity index (χ3v) is 1.75. The molecule has 0 spiro atoms. The Kier molecular flexibility index (Phi) is 2.83. The summed E-state index contributed by atoms with van der Waals surface area (Å²) in [6, 6.07) is 0. The second kappa shape index (κ2) is 3.70. The lowest BCUT2D eigenvalue weighted by molar-refractivity contribution is 0.0694. The van der Waals surface area contributed by atoms with E-state index >= 15 is 0 Å². The minimum atomic E-state index is -1.03. The van der Waals surface area contributed by atoms with Crippen LogP contribution in [0.15, 0.2) is 6.20 Å². The SMILES string of the molecule is CC(C)c1nc(Cl)ncc1C(=O)O. The molecular weight excluding hydrogens is 192 g/mol. The van der Waals surface area contributed by atoms with Gasteiger partial charge in [-0.3, -0.25) is 0 Å². The number of aromatic nitrogens is 2. The van der Waals surface area contributed by atoms with Gasteiger partial charge in [-0.15, -0.1) is 0 Å². The fraction of sp³-hybridized carbons (Fsp3) is 0.375. The maximum Gasteiger partial charge on any atom is 0.339 e. The Labute approximate surface area is 80.6 Å². The molecule has 0 aromatic carbocycles. The molecule has 0 unspecified atom stereocenters. The molecule has 5 heteroatoms. The molecule has 0 radical (unpaired) electrons. The molecule has 1 aromatic rings. The van der Waals surface area contributed by atoms with Crippen molar-refractivity contribution in [2.24, 2.45) is 0 Å². The molecule has 1 N–H and O–H groups in total. The normalized spacial score (nSPS) is 10.5. The fourth-order valence-corrected chi connectivity index (χ4v) is 1.12. The zero-order chi connectivity index (χ0) is 10.0. The maximum atomic E-state index is 10.7. The van der Waals surface area contributed by atoms with Gasteiger partial charge in [-0.1, -0.05) is 13.8 Å². The second-order valence-corrected chi connectivity index (χ2v) is 3.24. The van der Waals surface area contributed by atoms with Crippen LogP contribution in [0.3, 0.4) is 0 Å². The van der Waals surface area contributed by atoms with Crippen LogP contribution in [0.25, 0.3) is 0 Å². The van der Waals surface area contributed by atoms with Gasteiger partial charge in [-0.25, -0.2) is 14.8 Å². The molecule has 70 valence electrons. The van der Waals surface area contributed by atoms with Crippen molar-refractivity contribution in [2.45, 2.75) is 19.8 Å². The number of hydrogen-bond acceptors (Lipinski definition) is 3. The van der Waals surface area contributed by atoms with E-state index in [4.69, 9.17) is 16.7 Å². The maximum absolute atomic E-state index is 10.7. The standard InChI is InChI=1S/C8H9ClN2O2/c1-4(2)6-5(7(12)13)3-10-8(9)11-6/h3-4H,1-2H3,(H,12,13). The van der Waals surface area contributed by atoms with Crippen LogP contribution in [-0.4, -0.2) is 21.0 Å². The number of carboxylic acids is 1. The number of nitrogens with zero attached hydrogens (tertiary/aromatic N) is 2. The molecule has 0 aliphatic carbocycles. The number of rotatable bonds is 2. The Balaban J connectivity index is 3.26. The monoisotopic (exact) mass is 200 g/mol. The topological polar surface area (TPSA) is 63.1 Å². The van der Waals surface area contributed by atoms with Crippen LogP contribution < -0.4 is 0 Å². The molecule has 0 atom stereocenters. The highest BCUT2D eigenvalue weighted by Gasteiger charge is 2.15. The Morgan fingerprint density at radius 1 is 1.62 bits per heavy atom. The van der Waals surface area contributed by atoms with Crippen LogP contribution in [0.2, 0.25) is 5.28 Å². The highest BCUT2D eigenvalue weighted by molar-refractivity contribution is 6.28. The van der Waals surface area contributed by atoms with Crippen molar-refractivity contribution >= 4 is 17.6 Å². The minimum Gasteiger partial charge on any atom is -0.478 e. The first-order valence-corrected chi connectivity index (χ1v) is 4.16. The van der Waals surface area contributed by atoms with Gasteiger partial charge < -0.3 is 5.11 Å². The first-order chi connectivity index (χ1) is 6.02. The Morgan fingerprint density at radius 3 is 2.69 bits per heavy atom. The van der Waals surface area contributed by atoms with Crippen LogP contribution in [0.5, 0.6) is 0 Å². The first-order valence-electron chi connectivity index (χ1n) is 3.78. The summed E-state index contributed by atoms with van der Waals surface area (Å²) in [5.74, 6) is -1.01. The smallest absolute Gasteiger partial charge is 0.339 e. The Bertz CT molecular complexity index is 339. The average Bonchev–Trinajstić information content (AvgIpc) is 2.03. The Hall–Kier alpha value is -1.16. The van der Waals surface area contributed by atoms with Crippen LogP contribution in [0.1, 0.15) is 35.8 Å². The first kappa shape index (κ1) is 9.92. The molecule has 0 saturated heterocycles. The van der Waals surface area contributed by atoms with E-state index in [9.17, 15) is 4.79 Å². The molecule has 0 fully saturated rings. The van der Waals surface area contributed by atoms with Crippen molar-refractivity contribution in [1.82, 2.24) is 9.97 Å². The summed E-state index contributed by atoms with van der Waals surface area (Å²) in [7, 11) is 0. The van der Waals surface area contributed by atoms with Crippen molar-refractivity contribution in [3.05, 3.63) is 22.7 Å². The van der Waals surface area contributed by atoms with Crippen LogP contribution in [-0.2, 0) is 0 Å². The highest BCUT2D eigenvalue weighted by atomic mass is 35.5. The van der Waals surface area contributed by atoms with E-state index in [-0.39, 0.29) is 16.8 Å². The highest BCUT2D eigenvalue weighted by Crippen LogP contribution is 2.17. The largest absolute Gasteiger partial charge is 0.478 e. The summed E-state index contributed by atoms with van der Waals surface area (Å²) in [6.07, 6.45) is 1.23. The second-order valence-electron chi connectivity index (χ2n) is 2.90. The van der Waals surface area contributed by atoms with Gasteiger partial charge in [0, 0.05) is 6.20 Å². The van der Waals surface area contributed by atoms with Crippen LogP contribution >= 0.6 is 11.6 Å². The lowest BCUT2D eigenvalue weighted by atomic mass is 10.1. The fourth-order valence-electron chi connectivity index (χ4n) is 0.977. The van der Waals surface area contributed by atoms with Crippen molar-refractivity contribution in [3.63, 3.8) is 0 Å². The lowest BCUT2D eigenvalue weighted by Gasteiger charge is -2.07. The van der Waals surface area contributed by atoms with Gasteiger partial charge in [-0.05, 0) is 17.5 Å². The Morgan fingerprint density at radius 2 is 2.23 bits per heavy atom. The zero-order valence-electron chi connectivity index (χ0n) is 7.28. The molecule has 0 aliphatic heterocycles. The molecule has 0 amide bonds. The molecule has 1 rings (SSSR count). The lowest BCUT2D eigenvalue weighted by Crippen LogP contribution is -2.07. The van der Waals surface area contributed by atoms with E-state index in [0.717, 1.165) is 0 Å². The van der Waals surface area contributed by atoms with Gasteiger partial charge in [0.25, 0.3) is 0 Å². The predicted molar refractivity (Wildman–Crippen MR) is 48.1 cm³/mol. The molecule has 1 heterocycles. The molecule has 1 aromatic heterocycles. The summed E-state index contributed by atoms with van der Waals surface area (Å²) >= 11 is 5.55. The number of halogens is 1. The van der Waals surface area contributed by atoms with Crippen molar-refractivity contribution in [1.29, 1.82) is 0 Å². The van der Waals surface area contributed by atoms with Crippen LogP contribution in [0.4, 0.5) is 0 Å². The van der Waals surface area contributed by atoms with Gasteiger partial charge in [0.1, 0.15) is 0 Å².